The van der Waals surface area contributed by atoms with Crippen LogP contribution in [-0.2, 0) is 21.4 Å². The van der Waals surface area contributed by atoms with E-state index in [4.69, 9.17) is 0 Å². The van der Waals surface area contributed by atoms with E-state index in [0.29, 0.717) is 5.69 Å². The predicted molar refractivity (Wildman–Crippen MR) is 131 cm³/mol. The van der Waals surface area contributed by atoms with Gasteiger partial charge in [0, 0.05) is 30.8 Å². The third-order valence-corrected chi connectivity index (χ3v) is 6.10. The van der Waals surface area contributed by atoms with Crippen LogP contribution >= 0.6 is 0 Å². The minimum Gasteiger partial charge on any atom is -0.337 e. The number of sulfonamides is 1. The average Bonchev–Trinajstić information content (AvgIpc) is 2.87. The molecule has 0 aliphatic rings. The van der Waals surface area contributed by atoms with Gasteiger partial charge in [0.2, 0.25) is 15.9 Å². The fraction of sp³-hybridized carbons (Fsp3) is 0.125. The van der Waals surface area contributed by atoms with Gasteiger partial charge in [-0.15, -0.1) is 0 Å². The molecule has 0 aliphatic carbocycles. The van der Waals surface area contributed by atoms with Crippen LogP contribution in [0.4, 0.5) is 10.5 Å². The minimum absolute atomic E-state index is 0.0428. The summed E-state index contributed by atoms with van der Waals surface area (Å²) in [6.45, 7) is 0.147. The zero-order chi connectivity index (χ0) is 25.1. The van der Waals surface area contributed by atoms with Crippen LogP contribution < -0.4 is 26.2 Å². The Morgan fingerprint density at radius 2 is 1.46 bits per heavy atom. The SMILES string of the molecule is O=C(CCNC(=O)Nc1ccccc1)NNC(=O)c1cccc(S(=O)(=O)NCc2ccccc2)c1. The predicted octanol–water partition coefficient (Wildman–Crippen LogP) is 2.14. The molecule has 0 unspecified atom stereocenters. The number of urea groups is 1. The van der Waals surface area contributed by atoms with E-state index >= 15 is 0 Å². The van der Waals surface area contributed by atoms with Crippen LogP contribution in [0.25, 0.3) is 0 Å². The summed E-state index contributed by atoms with van der Waals surface area (Å²) in [5, 5.41) is 5.15. The monoisotopic (exact) mass is 495 g/mol. The van der Waals surface area contributed by atoms with Crippen LogP contribution in [0.2, 0.25) is 0 Å². The first-order chi connectivity index (χ1) is 16.8. The van der Waals surface area contributed by atoms with Gasteiger partial charge in [-0.25, -0.2) is 17.9 Å². The molecule has 0 fully saturated rings. The van der Waals surface area contributed by atoms with Crippen LogP contribution in [0, 0.1) is 0 Å². The number of hydrogen-bond acceptors (Lipinski definition) is 5. The fourth-order valence-corrected chi connectivity index (χ4v) is 3.97. The van der Waals surface area contributed by atoms with E-state index in [2.05, 4.69) is 26.2 Å². The number of carbonyl (C=O) groups is 3. The maximum absolute atomic E-state index is 12.6. The molecule has 4 amide bonds. The lowest BCUT2D eigenvalue weighted by atomic mass is 10.2. The highest BCUT2D eigenvalue weighted by Crippen LogP contribution is 2.12. The lowest BCUT2D eigenvalue weighted by Gasteiger charge is -2.10. The van der Waals surface area contributed by atoms with Crippen LogP contribution in [0.15, 0.2) is 89.8 Å². The van der Waals surface area contributed by atoms with Crippen molar-refractivity contribution in [2.45, 2.75) is 17.9 Å². The molecule has 11 heteroatoms. The maximum Gasteiger partial charge on any atom is 0.319 e. The summed E-state index contributed by atoms with van der Waals surface area (Å²) in [5.74, 6) is -1.22. The van der Waals surface area contributed by atoms with Crippen molar-refractivity contribution >= 4 is 33.6 Å². The molecular weight excluding hydrogens is 470 g/mol. The third-order valence-electron chi connectivity index (χ3n) is 4.70. The molecule has 3 rings (SSSR count). The van der Waals surface area contributed by atoms with Crippen molar-refractivity contribution in [3.63, 3.8) is 0 Å². The second-order valence-electron chi connectivity index (χ2n) is 7.34. The van der Waals surface area contributed by atoms with Crippen LogP contribution in [-0.4, -0.2) is 32.8 Å². The molecular formula is C24H25N5O5S. The van der Waals surface area contributed by atoms with E-state index in [0.717, 1.165) is 5.56 Å². The molecule has 10 nitrogen and oxygen atoms in total. The third kappa shape index (κ3) is 8.25. The maximum atomic E-state index is 12.6. The largest absolute Gasteiger partial charge is 0.337 e. The molecule has 0 aliphatic heterocycles. The lowest BCUT2D eigenvalue weighted by molar-refractivity contribution is -0.121. The molecule has 0 saturated heterocycles. The van der Waals surface area contributed by atoms with Gasteiger partial charge in [0.25, 0.3) is 5.91 Å². The lowest BCUT2D eigenvalue weighted by Crippen LogP contribution is -2.43. The Labute approximate surface area is 203 Å². The Balaban J connectivity index is 1.44. The molecule has 3 aromatic carbocycles. The number of carbonyl (C=O) groups excluding carboxylic acids is 3. The second-order valence-corrected chi connectivity index (χ2v) is 9.10. The average molecular weight is 496 g/mol. The molecule has 0 heterocycles. The Morgan fingerprint density at radius 3 is 2.17 bits per heavy atom. The number of para-hydroxylation sites is 1. The second kappa shape index (κ2) is 12.3. The van der Waals surface area contributed by atoms with Gasteiger partial charge in [-0.2, -0.15) is 0 Å². The van der Waals surface area contributed by atoms with Crippen LogP contribution in [0.1, 0.15) is 22.3 Å². The van der Waals surface area contributed by atoms with Gasteiger partial charge in [0.1, 0.15) is 0 Å². The molecule has 0 radical (unpaired) electrons. The number of nitrogens with one attached hydrogen (secondary N) is 5. The highest BCUT2D eigenvalue weighted by molar-refractivity contribution is 7.89. The number of benzene rings is 3. The fourth-order valence-electron chi connectivity index (χ4n) is 2.91. The number of hydrazine groups is 1. The van der Waals surface area contributed by atoms with Gasteiger partial charge in [-0.05, 0) is 35.9 Å². The normalized spacial score (nSPS) is 10.7. The Morgan fingerprint density at radius 1 is 0.771 bits per heavy atom. The van der Waals surface area contributed by atoms with Crippen LogP contribution in [0.3, 0.4) is 0 Å². The van der Waals surface area contributed by atoms with E-state index in [9.17, 15) is 22.8 Å². The summed E-state index contributed by atoms with van der Waals surface area (Å²) in [6.07, 6.45) is -0.0830. The highest BCUT2D eigenvalue weighted by Gasteiger charge is 2.16. The molecule has 0 atom stereocenters. The van der Waals surface area contributed by atoms with Crippen molar-refractivity contribution in [1.82, 2.24) is 20.9 Å². The van der Waals surface area contributed by atoms with Gasteiger partial charge in [0.05, 0.1) is 4.90 Å². The van der Waals surface area contributed by atoms with E-state index in [1.807, 2.05) is 12.1 Å². The number of anilines is 1. The van der Waals surface area contributed by atoms with Crippen molar-refractivity contribution < 1.29 is 22.8 Å². The standard InChI is InChI=1S/C24H25N5O5S/c30-22(14-15-25-24(32)27-20-11-5-2-6-12-20)28-29-23(31)19-10-7-13-21(16-19)35(33,34)26-17-18-8-3-1-4-9-18/h1-13,16,26H,14-15,17H2,(H,28,30)(H,29,31)(H2,25,27,32). The Bertz CT molecular complexity index is 1270. The van der Waals surface area contributed by atoms with Gasteiger partial charge in [-0.1, -0.05) is 54.6 Å². The van der Waals surface area contributed by atoms with Gasteiger partial charge < -0.3 is 10.6 Å². The van der Waals surface area contributed by atoms with E-state index in [1.54, 1.807) is 48.5 Å². The first-order valence-corrected chi connectivity index (χ1v) is 12.1. The summed E-state index contributed by atoms with van der Waals surface area (Å²) in [5.41, 5.74) is 5.92. The molecule has 0 bridgehead atoms. The molecule has 0 aromatic heterocycles. The zero-order valence-electron chi connectivity index (χ0n) is 18.7. The van der Waals surface area contributed by atoms with E-state index in [1.165, 1.54) is 24.3 Å². The van der Waals surface area contributed by atoms with E-state index in [-0.39, 0.29) is 30.0 Å². The Hall–Kier alpha value is -4.22. The van der Waals surface area contributed by atoms with Gasteiger partial charge >= 0.3 is 6.03 Å². The minimum atomic E-state index is -3.85. The summed E-state index contributed by atoms with van der Waals surface area (Å²) in [4.78, 5) is 36.1. The molecule has 0 spiro atoms. The molecule has 3 aromatic rings. The van der Waals surface area contributed by atoms with E-state index < -0.39 is 27.9 Å². The smallest absolute Gasteiger partial charge is 0.319 e. The summed E-state index contributed by atoms with van der Waals surface area (Å²) in [6, 6.07) is 22.8. The molecule has 182 valence electrons. The van der Waals surface area contributed by atoms with Crippen LogP contribution in [0.5, 0.6) is 0 Å². The Kier molecular flexibility index (Phi) is 8.93. The quantitative estimate of drug-likeness (QED) is 0.289. The van der Waals surface area contributed by atoms with Gasteiger partial charge in [-0.3, -0.25) is 20.4 Å². The molecule has 5 N–H and O–H groups in total. The van der Waals surface area contributed by atoms with Crippen molar-refractivity contribution in [1.29, 1.82) is 0 Å². The zero-order valence-corrected chi connectivity index (χ0v) is 19.5. The number of hydrogen-bond donors (Lipinski definition) is 5. The number of amides is 4. The van der Waals surface area contributed by atoms with Crippen molar-refractivity contribution in [3.05, 3.63) is 96.1 Å². The summed E-state index contributed by atoms with van der Waals surface area (Å²) >= 11 is 0. The van der Waals surface area contributed by atoms with Crippen molar-refractivity contribution in [3.8, 4) is 0 Å². The molecule has 35 heavy (non-hydrogen) atoms. The first kappa shape index (κ1) is 25.4. The van der Waals surface area contributed by atoms with Crippen molar-refractivity contribution in [2.75, 3.05) is 11.9 Å². The topological polar surface area (TPSA) is 146 Å². The number of rotatable bonds is 9. The van der Waals surface area contributed by atoms with Crippen molar-refractivity contribution in [2.24, 2.45) is 0 Å². The van der Waals surface area contributed by atoms with Gasteiger partial charge in [0.15, 0.2) is 0 Å². The summed E-state index contributed by atoms with van der Waals surface area (Å²) < 4.78 is 27.7. The summed E-state index contributed by atoms with van der Waals surface area (Å²) in [7, 11) is -3.85. The first-order valence-electron chi connectivity index (χ1n) is 10.7. The molecule has 0 saturated carbocycles. The highest BCUT2D eigenvalue weighted by atomic mass is 32.2.